The molecule has 1 N–H and O–H groups in total. The van der Waals surface area contributed by atoms with Crippen molar-refractivity contribution in [3.8, 4) is 0 Å². The van der Waals surface area contributed by atoms with Gasteiger partial charge < -0.3 is 10.2 Å². The second-order valence-corrected chi connectivity index (χ2v) is 6.10. The fourth-order valence-electron chi connectivity index (χ4n) is 3.23. The Morgan fingerprint density at radius 3 is 2.74 bits per heavy atom. The van der Waals surface area contributed by atoms with Crippen LogP contribution in [0.15, 0.2) is 46.4 Å². The molecular weight excluding hydrogens is 284 g/mol. The van der Waals surface area contributed by atoms with Crippen molar-refractivity contribution in [3.63, 3.8) is 0 Å². The van der Waals surface area contributed by atoms with E-state index in [-0.39, 0.29) is 0 Å². The zero-order valence-electron chi connectivity index (χ0n) is 13.7. The van der Waals surface area contributed by atoms with Crippen molar-refractivity contribution in [1.82, 2.24) is 0 Å². The molecule has 0 bridgehead atoms. The van der Waals surface area contributed by atoms with E-state index in [0.717, 1.165) is 46.4 Å². The van der Waals surface area contributed by atoms with Gasteiger partial charge in [-0.1, -0.05) is 19.1 Å². The third-order valence-electron chi connectivity index (χ3n) is 4.37. The lowest BCUT2D eigenvalue weighted by atomic mass is 10.1. The van der Waals surface area contributed by atoms with Gasteiger partial charge in [0.05, 0.1) is 22.4 Å². The van der Waals surface area contributed by atoms with Gasteiger partial charge in [-0.3, -0.25) is 0 Å². The molecule has 4 rings (SSSR count). The molecule has 0 atom stereocenters. The van der Waals surface area contributed by atoms with E-state index in [1.54, 1.807) is 0 Å². The Kier molecular flexibility index (Phi) is 3.18. The molecule has 2 aromatic carbocycles. The lowest BCUT2D eigenvalue weighted by Crippen LogP contribution is -2.24. The van der Waals surface area contributed by atoms with E-state index in [1.807, 2.05) is 0 Å². The molecule has 2 aliphatic heterocycles. The van der Waals surface area contributed by atoms with Crippen molar-refractivity contribution in [1.29, 1.82) is 0 Å². The number of hydrogen-bond donors (Lipinski definition) is 1. The van der Waals surface area contributed by atoms with Crippen molar-refractivity contribution in [2.45, 2.75) is 26.7 Å². The van der Waals surface area contributed by atoms with E-state index >= 15 is 0 Å². The molecule has 116 valence electrons. The van der Waals surface area contributed by atoms with Crippen molar-refractivity contribution < 1.29 is 0 Å². The molecular formula is C19H20N4. The Bertz CT molecular complexity index is 940. The van der Waals surface area contributed by atoms with Crippen LogP contribution < -0.4 is 20.8 Å². The maximum absolute atomic E-state index is 4.70. The second kappa shape index (κ2) is 5.23. The van der Waals surface area contributed by atoms with Gasteiger partial charge in [-0.05, 0) is 43.2 Å². The summed E-state index contributed by atoms with van der Waals surface area (Å²) in [6.07, 6.45) is 2.00. The third kappa shape index (κ3) is 2.22. The molecule has 2 aliphatic rings. The summed E-state index contributed by atoms with van der Waals surface area (Å²) in [5.41, 5.74) is 4.50. The standard InChI is InChI=1S/C19H20N4/c1-4-7-17-20-15-11-13(10-12(2)18(15)22-17)19-21-14-8-5-6-9-16(14)23(19)3/h5-6,8-11,21H,4,7H2,1-3H3. The minimum absolute atomic E-state index is 0.934. The van der Waals surface area contributed by atoms with Crippen LogP contribution in [0.2, 0.25) is 0 Å². The Balaban J connectivity index is 1.86. The van der Waals surface area contributed by atoms with E-state index in [9.17, 15) is 0 Å². The molecule has 0 saturated carbocycles. The first-order valence-electron chi connectivity index (χ1n) is 8.08. The number of anilines is 2. The molecule has 0 saturated heterocycles. The summed E-state index contributed by atoms with van der Waals surface area (Å²) < 4.78 is 0. The highest BCUT2D eigenvalue weighted by atomic mass is 15.3. The number of nitrogens with zero attached hydrogens (tertiary/aromatic N) is 3. The van der Waals surface area contributed by atoms with E-state index in [4.69, 9.17) is 4.99 Å². The average molecular weight is 304 g/mol. The van der Waals surface area contributed by atoms with E-state index in [1.165, 1.54) is 11.3 Å². The van der Waals surface area contributed by atoms with Gasteiger partial charge in [0.1, 0.15) is 11.7 Å². The van der Waals surface area contributed by atoms with Crippen LogP contribution in [0.5, 0.6) is 0 Å². The minimum atomic E-state index is 0.934. The third-order valence-corrected chi connectivity index (χ3v) is 4.37. The van der Waals surface area contributed by atoms with E-state index < -0.39 is 0 Å². The highest BCUT2D eigenvalue weighted by Crippen LogP contribution is 2.34. The van der Waals surface area contributed by atoms with Crippen LogP contribution in [0.25, 0.3) is 5.82 Å². The number of para-hydroxylation sites is 2. The van der Waals surface area contributed by atoms with Gasteiger partial charge >= 0.3 is 0 Å². The molecule has 2 heterocycles. The molecule has 0 radical (unpaired) electrons. The first-order valence-corrected chi connectivity index (χ1v) is 8.08. The first kappa shape index (κ1) is 14.0. The molecule has 2 aromatic rings. The normalized spacial score (nSPS) is 17.3. The second-order valence-electron chi connectivity index (χ2n) is 6.10. The zero-order chi connectivity index (χ0) is 16.0. The Labute approximate surface area is 135 Å². The predicted octanol–water partition coefficient (Wildman–Crippen LogP) is 3.09. The Hall–Kier alpha value is -2.62. The molecule has 0 aromatic heterocycles. The smallest absolute Gasteiger partial charge is 0.129 e. The number of benzene rings is 2. The number of amidine groups is 1. The van der Waals surface area contributed by atoms with E-state index in [0.29, 0.717) is 0 Å². The van der Waals surface area contributed by atoms with Crippen molar-refractivity contribution in [2.75, 3.05) is 17.3 Å². The maximum atomic E-state index is 4.70. The summed E-state index contributed by atoms with van der Waals surface area (Å²) >= 11 is 0. The fourth-order valence-corrected chi connectivity index (χ4v) is 3.23. The van der Waals surface area contributed by atoms with Crippen LogP contribution in [0, 0.1) is 6.92 Å². The number of aryl methyl sites for hydroxylation is 1. The monoisotopic (exact) mass is 304 g/mol. The highest BCUT2D eigenvalue weighted by Gasteiger charge is 2.21. The molecule has 0 unspecified atom stereocenters. The van der Waals surface area contributed by atoms with Gasteiger partial charge in [0, 0.05) is 18.7 Å². The van der Waals surface area contributed by atoms with Crippen molar-refractivity contribution >= 4 is 28.7 Å². The number of rotatable bonds is 2. The molecule has 0 spiro atoms. The lowest BCUT2D eigenvalue weighted by Gasteiger charge is -2.13. The largest absolute Gasteiger partial charge is 0.339 e. The van der Waals surface area contributed by atoms with Crippen LogP contribution in [-0.4, -0.2) is 12.9 Å². The maximum Gasteiger partial charge on any atom is 0.129 e. The summed E-state index contributed by atoms with van der Waals surface area (Å²) in [7, 11) is 2.09. The number of fused-ring (bicyclic) bond motifs is 2. The Morgan fingerprint density at radius 1 is 1.13 bits per heavy atom. The molecule has 4 nitrogen and oxygen atoms in total. The summed E-state index contributed by atoms with van der Waals surface area (Å²) in [5, 5.41) is 5.69. The van der Waals surface area contributed by atoms with Crippen molar-refractivity contribution in [2.24, 2.45) is 9.98 Å². The van der Waals surface area contributed by atoms with Gasteiger partial charge in [0.15, 0.2) is 0 Å². The van der Waals surface area contributed by atoms with Gasteiger partial charge in [-0.15, -0.1) is 0 Å². The number of nitrogens with one attached hydrogen (secondary N) is 1. The fraction of sp³-hybridized carbons (Fsp3) is 0.263. The summed E-state index contributed by atoms with van der Waals surface area (Å²) in [6.45, 7) is 4.27. The van der Waals surface area contributed by atoms with Gasteiger partial charge in [-0.25, -0.2) is 9.98 Å². The first-order chi connectivity index (χ1) is 11.2. The van der Waals surface area contributed by atoms with Crippen LogP contribution in [0.3, 0.4) is 0 Å². The Morgan fingerprint density at radius 2 is 1.96 bits per heavy atom. The lowest BCUT2D eigenvalue weighted by molar-refractivity contribution is 0.984. The number of hydrogen-bond acceptors (Lipinski definition) is 4. The molecule has 0 fully saturated rings. The SMILES string of the molecule is CCCC1=Nc2cc(=C3Nc4ccccc4N3C)cc(C)c2=N1. The zero-order valence-corrected chi connectivity index (χ0v) is 13.7. The highest BCUT2D eigenvalue weighted by molar-refractivity contribution is 5.93. The topological polar surface area (TPSA) is 40.0 Å². The molecule has 4 heteroatoms. The average Bonchev–Trinajstić information content (AvgIpc) is 3.10. The molecule has 0 amide bonds. The number of aliphatic imine (C=N–C) groups is 1. The van der Waals surface area contributed by atoms with Gasteiger partial charge in [0.25, 0.3) is 0 Å². The van der Waals surface area contributed by atoms with Gasteiger partial charge in [0.2, 0.25) is 0 Å². The summed E-state index contributed by atoms with van der Waals surface area (Å²) in [4.78, 5) is 11.6. The van der Waals surface area contributed by atoms with Gasteiger partial charge in [-0.2, -0.15) is 0 Å². The summed E-state index contributed by atoms with van der Waals surface area (Å²) in [6, 6.07) is 12.7. The van der Waals surface area contributed by atoms with Crippen molar-refractivity contribution in [3.05, 3.63) is 52.5 Å². The quantitative estimate of drug-likeness (QED) is 0.926. The van der Waals surface area contributed by atoms with Crippen LogP contribution in [-0.2, 0) is 0 Å². The van der Waals surface area contributed by atoms with Crippen LogP contribution in [0.1, 0.15) is 25.3 Å². The summed E-state index contributed by atoms with van der Waals surface area (Å²) in [5.74, 6) is 2.04. The minimum Gasteiger partial charge on any atom is -0.339 e. The van der Waals surface area contributed by atoms with E-state index in [2.05, 4.69) is 72.5 Å². The predicted molar refractivity (Wildman–Crippen MR) is 95.8 cm³/mol. The van der Waals surface area contributed by atoms with Crippen LogP contribution >= 0.6 is 0 Å². The molecule has 0 aliphatic carbocycles. The molecule has 23 heavy (non-hydrogen) atoms. The van der Waals surface area contributed by atoms with Crippen LogP contribution in [0.4, 0.5) is 17.1 Å².